The van der Waals surface area contributed by atoms with Crippen molar-refractivity contribution in [1.29, 1.82) is 0 Å². The van der Waals surface area contributed by atoms with E-state index in [0.717, 1.165) is 23.4 Å². The minimum absolute atomic E-state index is 0.0880. The maximum Gasteiger partial charge on any atom is 0.260 e. The lowest BCUT2D eigenvalue weighted by atomic mass is 10.0. The van der Waals surface area contributed by atoms with Crippen molar-refractivity contribution in [2.75, 3.05) is 7.05 Å². The average Bonchev–Trinajstić information content (AvgIpc) is 2.38. The highest BCUT2D eigenvalue weighted by Gasteiger charge is 2.16. The molecule has 0 fully saturated rings. The summed E-state index contributed by atoms with van der Waals surface area (Å²) in [7, 11) is 1.61. The molecule has 2 N–H and O–H groups in total. The number of rotatable bonds is 5. The number of nitrogens with one attached hydrogen (secondary N) is 2. The molecule has 0 aliphatic carbocycles. The number of aryl methyl sites for hydroxylation is 2. The molecule has 0 aliphatic heterocycles. The average molecular weight is 292 g/mol. The summed E-state index contributed by atoms with van der Waals surface area (Å²) in [4.78, 5) is 11.6. The Morgan fingerprint density at radius 1 is 1.24 bits per heavy atom. The molecule has 1 aromatic carbocycles. The Labute approximate surface area is 128 Å². The van der Waals surface area contributed by atoms with E-state index in [0.29, 0.717) is 0 Å². The first-order valence-corrected chi connectivity index (χ1v) is 7.37. The van der Waals surface area contributed by atoms with Gasteiger partial charge in [0.05, 0.1) is 0 Å². The van der Waals surface area contributed by atoms with Crippen molar-refractivity contribution in [3.63, 3.8) is 0 Å². The normalized spacial score (nSPS) is 12.9. The third-order valence-corrected chi connectivity index (χ3v) is 3.25. The molecule has 0 spiro atoms. The number of amides is 1. The first-order chi connectivity index (χ1) is 9.64. The van der Waals surface area contributed by atoms with Crippen LogP contribution in [0, 0.1) is 13.8 Å². The SMILES string of the molecule is CNC(=O)C(C)Oc1c(C)cc(CNC(C)(C)C)cc1C. The predicted octanol–water partition coefficient (Wildman–Crippen LogP) is 2.70. The molecule has 1 rings (SSSR count). The number of benzene rings is 1. The molecule has 0 radical (unpaired) electrons. The lowest BCUT2D eigenvalue weighted by Crippen LogP contribution is -2.35. The van der Waals surface area contributed by atoms with Crippen molar-refractivity contribution in [2.24, 2.45) is 0 Å². The number of ether oxygens (including phenoxy) is 1. The molecule has 0 bridgehead atoms. The molecule has 118 valence electrons. The van der Waals surface area contributed by atoms with Gasteiger partial charge in [0, 0.05) is 19.1 Å². The number of likely N-dealkylation sites (N-methyl/N-ethyl adjacent to an activating group) is 1. The summed E-state index contributed by atoms with van der Waals surface area (Å²) in [5.74, 6) is 0.679. The molecule has 0 heterocycles. The molecule has 0 aliphatic rings. The fourth-order valence-corrected chi connectivity index (χ4v) is 2.13. The van der Waals surface area contributed by atoms with Crippen molar-refractivity contribution >= 4 is 5.91 Å². The maximum absolute atomic E-state index is 11.6. The van der Waals surface area contributed by atoms with Gasteiger partial charge < -0.3 is 15.4 Å². The van der Waals surface area contributed by atoms with Crippen molar-refractivity contribution in [1.82, 2.24) is 10.6 Å². The Balaban J connectivity index is 2.87. The lowest BCUT2D eigenvalue weighted by molar-refractivity contribution is -0.126. The van der Waals surface area contributed by atoms with Crippen LogP contribution in [-0.4, -0.2) is 24.6 Å². The van der Waals surface area contributed by atoms with Gasteiger partial charge in [-0.1, -0.05) is 12.1 Å². The van der Waals surface area contributed by atoms with Gasteiger partial charge in [-0.2, -0.15) is 0 Å². The second-order valence-electron chi connectivity index (χ2n) is 6.54. The highest BCUT2D eigenvalue weighted by Crippen LogP contribution is 2.26. The molecule has 0 aromatic heterocycles. The molecular formula is C17H28N2O2. The Bertz CT molecular complexity index is 481. The maximum atomic E-state index is 11.6. The van der Waals surface area contributed by atoms with Crippen molar-refractivity contribution in [3.8, 4) is 5.75 Å². The van der Waals surface area contributed by atoms with Crippen LogP contribution in [0.25, 0.3) is 0 Å². The van der Waals surface area contributed by atoms with Gasteiger partial charge in [-0.25, -0.2) is 0 Å². The molecule has 4 heteroatoms. The zero-order chi connectivity index (χ0) is 16.2. The first kappa shape index (κ1) is 17.5. The van der Waals surface area contributed by atoms with Crippen LogP contribution >= 0.6 is 0 Å². The summed E-state index contributed by atoms with van der Waals surface area (Å²) in [6.07, 6.45) is -0.494. The first-order valence-electron chi connectivity index (χ1n) is 7.37. The van der Waals surface area contributed by atoms with E-state index in [4.69, 9.17) is 4.74 Å². The molecule has 0 saturated carbocycles. The number of hydrogen-bond donors (Lipinski definition) is 2. The summed E-state index contributed by atoms with van der Waals surface area (Å²) in [5.41, 5.74) is 3.41. The van der Waals surface area contributed by atoms with Gasteiger partial charge in [-0.05, 0) is 58.2 Å². The molecule has 1 aromatic rings. The van der Waals surface area contributed by atoms with E-state index < -0.39 is 6.10 Å². The molecule has 1 amide bonds. The summed E-state index contributed by atoms with van der Waals surface area (Å²) < 4.78 is 5.80. The fraction of sp³-hybridized carbons (Fsp3) is 0.588. The Morgan fingerprint density at radius 2 is 1.76 bits per heavy atom. The van der Waals surface area contributed by atoms with Gasteiger partial charge in [0.2, 0.25) is 0 Å². The third-order valence-electron chi connectivity index (χ3n) is 3.25. The highest BCUT2D eigenvalue weighted by molar-refractivity contribution is 5.80. The quantitative estimate of drug-likeness (QED) is 0.877. The van der Waals surface area contributed by atoms with Crippen LogP contribution in [0.4, 0.5) is 0 Å². The van der Waals surface area contributed by atoms with Crippen LogP contribution in [0.3, 0.4) is 0 Å². The number of hydrogen-bond acceptors (Lipinski definition) is 3. The minimum Gasteiger partial charge on any atom is -0.480 e. The number of carbonyl (C=O) groups excluding carboxylic acids is 1. The van der Waals surface area contributed by atoms with Crippen molar-refractivity contribution in [3.05, 3.63) is 28.8 Å². The van der Waals surface area contributed by atoms with E-state index in [2.05, 4.69) is 43.5 Å². The van der Waals surface area contributed by atoms with Crippen LogP contribution in [0.5, 0.6) is 5.75 Å². The van der Waals surface area contributed by atoms with E-state index in [1.54, 1.807) is 14.0 Å². The lowest BCUT2D eigenvalue weighted by Gasteiger charge is -2.22. The monoisotopic (exact) mass is 292 g/mol. The largest absolute Gasteiger partial charge is 0.480 e. The van der Waals surface area contributed by atoms with E-state index in [1.807, 2.05) is 13.8 Å². The van der Waals surface area contributed by atoms with Crippen LogP contribution < -0.4 is 15.4 Å². The highest BCUT2D eigenvalue weighted by atomic mass is 16.5. The molecule has 1 unspecified atom stereocenters. The van der Waals surface area contributed by atoms with E-state index in [9.17, 15) is 4.79 Å². The molecule has 1 atom stereocenters. The summed E-state index contributed by atoms with van der Waals surface area (Å²) in [5, 5.41) is 6.07. The minimum atomic E-state index is -0.494. The summed E-state index contributed by atoms with van der Waals surface area (Å²) in [6.45, 7) is 13.0. The second kappa shape index (κ2) is 6.94. The number of carbonyl (C=O) groups is 1. The van der Waals surface area contributed by atoms with Gasteiger partial charge in [-0.3, -0.25) is 4.79 Å². The third kappa shape index (κ3) is 5.38. The summed E-state index contributed by atoms with van der Waals surface area (Å²) in [6, 6.07) is 4.22. The van der Waals surface area contributed by atoms with Crippen molar-refractivity contribution < 1.29 is 9.53 Å². The smallest absolute Gasteiger partial charge is 0.260 e. The Kier molecular flexibility index (Phi) is 5.78. The molecule has 4 nitrogen and oxygen atoms in total. The predicted molar refractivity (Wildman–Crippen MR) is 86.7 cm³/mol. The van der Waals surface area contributed by atoms with Gasteiger partial charge >= 0.3 is 0 Å². The van der Waals surface area contributed by atoms with Gasteiger partial charge in [0.15, 0.2) is 6.10 Å². The topological polar surface area (TPSA) is 50.4 Å². The van der Waals surface area contributed by atoms with E-state index >= 15 is 0 Å². The van der Waals surface area contributed by atoms with Crippen LogP contribution in [0.1, 0.15) is 44.4 Å². The van der Waals surface area contributed by atoms with Gasteiger partial charge in [0.25, 0.3) is 5.91 Å². The molecular weight excluding hydrogens is 264 g/mol. The van der Waals surface area contributed by atoms with Crippen LogP contribution in [-0.2, 0) is 11.3 Å². The van der Waals surface area contributed by atoms with Crippen molar-refractivity contribution in [2.45, 2.75) is 59.7 Å². The molecule has 0 saturated heterocycles. The molecule has 21 heavy (non-hydrogen) atoms. The Hall–Kier alpha value is -1.55. The van der Waals surface area contributed by atoms with E-state index in [1.165, 1.54) is 5.56 Å². The van der Waals surface area contributed by atoms with Crippen LogP contribution in [0.2, 0.25) is 0 Å². The summed E-state index contributed by atoms with van der Waals surface area (Å²) >= 11 is 0. The van der Waals surface area contributed by atoms with E-state index in [-0.39, 0.29) is 11.4 Å². The van der Waals surface area contributed by atoms with Gasteiger partial charge in [-0.15, -0.1) is 0 Å². The zero-order valence-electron chi connectivity index (χ0n) is 14.3. The van der Waals surface area contributed by atoms with Crippen LogP contribution in [0.15, 0.2) is 12.1 Å². The second-order valence-corrected chi connectivity index (χ2v) is 6.54. The fourth-order valence-electron chi connectivity index (χ4n) is 2.13. The Morgan fingerprint density at radius 3 is 2.19 bits per heavy atom. The van der Waals surface area contributed by atoms with Gasteiger partial charge in [0.1, 0.15) is 5.75 Å². The zero-order valence-corrected chi connectivity index (χ0v) is 14.3. The standard InChI is InChI=1S/C17H28N2O2/c1-11-8-14(10-19-17(4,5)6)9-12(2)15(11)21-13(3)16(20)18-7/h8-9,13,19H,10H2,1-7H3,(H,18,20).